The number of nitrogens with zero attached hydrogens (tertiary/aromatic N) is 11. The maximum atomic E-state index is 12.8. The van der Waals surface area contributed by atoms with E-state index < -0.39 is 64.7 Å². The molecule has 0 fully saturated rings. The average molecular weight is 1380 g/mol. The number of aromatic amines is 1. The maximum absolute atomic E-state index is 12.8. The minimum absolute atomic E-state index is 0.0710. The van der Waals surface area contributed by atoms with Gasteiger partial charge in [0.05, 0.1) is 41.0 Å². The molecule has 0 bridgehead atoms. The Bertz CT molecular complexity index is 3850. The minimum Gasteiger partial charge on any atom is -0.444 e. The molecule has 31 heteroatoms. The van der Waals surface area contributed by atoms with Gasteiger partial charge in [0.2, 0.25) is 17.5 Å². The third-order valence-corrected chi connectivity index (χ3v) is 13.4. The standard InChI is InChI=1S/C23H26F3N5O2.C18H18F3N5.C15H11F3N4.C8H17NO3.C3H9NO/c1-15(14-27-21(32)33-22(2,3)4)31-29-20(28-30-31)19-8-6-5-7-17(19)13-16-9-11-18(12-10-16)23(24,25)26;1-12(11-22)26-24-17(23-25-26)16-5-3-2-4-14(16)10-13-6-8-15(9-7-13)18(19,20)21;16-15(17,18)12-7-5-10(6-8-12)9-11-3-1-2-4-13(11)14-19-21-22-20-14;1-6(10)5-9-7(11)12-8(2,3)4;1-3(5)2-4/h5-12,15H,13-14H2,1-4H3,(H,27,32);2-9,12H,10-11,22H2,1H3;1-8H,9H2,(H,19,20,21,22);6,10H,5H2,1-4H3,(H,9,11);3,5H,2,4H2,1H3. The van der Waals surface area contributed by atoms with E-state index in [1.165, 1.54) is 46.0 Å². The monoisotopic (exact) mass is 1380 g/mol. The van der Waals surface area contributed by atoms with Crippen molar-refractivity contribution in [2.24, 2.45) is 11.5 Å². The molecule has 0 saturated heterocycles. The summed E-state index contributed by atoms with van der Waals surface area (Å²) in [5, 5.41) is 61.1. The van der Waals surface area contributed by atoms with E-state index in [0.29, 0.717) is 49.8 Å². The number of H-pyrrole nitrogens is 1. The van der Waals surface area contributed by atoms with Gasteiger partial charge in [-0.15, -0.1) is 30.6 Å². The fourth-order valence-electron chi connectivity index (χ4n) is 8.35. The Balaban J connectivity index is 0.000000240. The van der Waals surface area contributed by atoms with Crippen LogP contribution in [0.4, 0.5) is 49.1 Å². The van der Waals surface area contributed by atoms with Crippen molar-refractivity contribution < 1.29 is 68.8 Å². The molecule has 4 atom stereocenters. The number of rotatable bonds is 17. The van der Waals surface area contributed by atoms with Crippen molar-refractivity contribution in [1.82, 2.24) is 71.7 Å². The third kappa shape index (κ3) is 27.1. The number of hydrogen-bond donors (Lipinski definition) is 7. The second kappa shape index (κ2) is 36.0. The molecule has 3 aromatic heterocycles. The van der Waals surface area contributed by atoms with Gasteiger partial charge in [-0.2, -0.15) is 54.3 Å². The van der Waals surface area contributed by atoms with Crippen LogP contribution in [0.15, 0.2) is 146 Å². The predicted octanol–water partition coefficient (Wildman–Crippen LogP) is 12.2. The highest BCUT2D eigenvalue weighted by atomic mass is 19.4. The van der Waals surface area contributed by atoms with Crippen molar-refractivity contribution in [2.75, 3.05) is 26.2 Å². The van der Waals surface area contributed by atoms with E-state index in [2.05, 4.69) is 62.1 Å². The number of aliphatic hydroxyl groups excluding tert-OH is 2. The number of tetrazole rings is 3. The number of benzene rings is 6. The summed E-state index contributed by atoms with van der Waals surface area (Å²) in [6, 6.07) is 37.4. The summed E-state index contributed by atoms with van der Waals surface area (Å²) in [7, 11) is 0. The number of nitrogens with two attached hydrogens (primary N) is 2. The zero-order chi connectivity index (χ0) is 72.6. The topological polar surface area (TPSA) is 311 Å². The van der Waals surface area contributed by atoms with Gasteiger partial charge in [0.25, 0.3) is 0 Å². The van der Waals surface area contributed by atoms with Crippen LogP contribution in [0.2, 0.25) is 0 Å². The quantitative estimate of drug-likeness (QED) is 0.0417. The number of halogens is 9. The van der Waals surface area contributed by atoms with Crippen LogP contribution in [-0.4, -0.2) is 133 Å². The lowest BCUT2D eigenvalue weighted by Crippen LogP contribution is -2.36. The number of alkyl carbamates (subject to hydrolysis) is 2. The van der Waals surface area contributed by atoms with Gasteiger partial charge in [-0.05, 0) is 174 Å². The second-order valence-electron chi connectivity index (χ2n) is 24.3. The first-order valence-electron chi connectivity index (χ1n) is 30.7. The normalized spacial score (nSPS) is 12.8. The fraction of sp³-hybridized carbons (Fsp3) is 0.388. The first-order valence-corrected chi connectivity index (χ1v) is 30.7. The van der Waals surface area contributed by atoms with Gasteiger partial charge in [0, 0.05) is 42.9 Å². The van der Waals surface area contributed by atoms with Gasteiger partial charge in [-0.3, -0.25) is 0 Å². The molecular formula is C67H81F9N16O6. The summed E-state index contributed by atoms with van der Waals surface area (Å²) in [4.78, 5) is 25.6. The first kappa shape index (κ1) is 79.0. The van der Waals surface area contributed by atoms with E-state index in [1.54, 1.807) is 55.4 Å². The molecule has 22 nitrogen and oxygen atoms in total. The number of carbonyl (C=O) groups excluding carboxylic acids is 2. The Morgan fingerprint density at radius 2 is 0.796 bits per heavy atom. The van der Waals surface area contributed by atoms with Gasteiger partial charge < -0.3 is 41.8 Å². The van der Waals surface area contributed by atoms with Crippen molar-refractivity contribution in [1.29, 1.82) is 0 Å². The van der Waals surface area contributed by atoms with E-state index in [0.717, 1.165) is 86.5 Å². The zero-order valence-electron chi connectivity index (χ0n) is 55.6. The summed E-state index contributed by atoms with van der Waals surface area (Å²) in [5.74, 6) is 1.32. The van der Waals surface area contributed by atoms with E-state index in [-0.39, 0.29) is 31.3 Å². The molecule has 4 unspecified atom stereocenters. The predicted molar refractivity (Wildman–Crippen MR) is 348 cm³/mol. The van der Waals surface area contributed by atoms with Crippen molar-refractivity contribution in [3.63, 3.8) is 0 Å². The van der Waals surface area contributed by atoms with E-state index in [9.17, 15) is 49.1 Å². The lowest BCUT2D eigenvalue weighted by atomic mass is 9.98. The Hall–Kier alpha value is -9.72. The lowest BCUT2D eigenvalue weighted by molar-refractivity contribution is -0.138. The Morgan fingerprint density at radius 3 is 1.09 bits per heavy atom. The number of nitrogens with one attached hydrogen (secondary N) is 3. The fourth-order valence-corrected chi connectivity index (χ4v) is 8.35. The van der Waals surface area contributed by atoms with Crippen LogP contribution in [0.3, 0.4) is 0 Å². The highest BCUT2D eigenvalue weighted by Gasteiger charge is 2.32. The number of aliphatic hydroxyl groups is 2. The maximum Gasteiger partial charge on any atom is 0.416 e. The molecule has 2 amide bonds. The number of ether oxygens (including phenoxy) is 2. The first-order chi connectivity index (χ1) is 45.9. The molecule has 9 rings (SSSR count). The molecule has 0 aliphatic rings. The van der Waals surface area contributed by atoms with Crippen LogP contribution in [0.5, 0.6) is 0 Å². The third-order valence-electron chi connectivity index (χ3n) is 13.4. The van der Waals surface area contributed by atoms with Crippen LogP contribution in [-0.2, 0) is 47.3 Å². The number of aromatic nitrogens is 12. The molecule has 0 aliphatic heterocycles. The van der Waals surface area contributed by atoms with Crippen molar-refractivity contribution in [3.05, 3.63) is 196 Å². The van der Waals surface area contributed by atoms with Crippen LogP contribution in [0, 0.1) is 0 Å². The SMILES string of the molecule is CC(CN)n1nnc(-c2ccccc2Cc2ccc(C(F)(F)F)cc2)n1.CC(CNC(=O)OC(C)(C)C)n1nnc(-c2ccccc2Cc2ccc(C(F)(F)F)cc2)n1.CC(O)CN.CC(O)CNC(=O)OC(C)(C)C.FC(F)(F)c1ccc(Cc2ccccc2-c2nn[nH]n2)cc1. The molecule has 0 spiro atoms. The Labute approximate surface area is 560 Å². The highest BCUT2D eigenvalue weighted by molar-refractivity contribution is 5.68. The molecule has 0 radical (unpaired) electrons. The van der Waals surface area contributed by atoms with Gasteiger partial charge in [-0.1, -0.05) is 109 Å². The zero-order valence-corrected chi connectivity index (χ0v) is 55.6. The number of hydrogen-bond acceptors (Lipinski definition) is 17. The Morgan fingerprint density at radius 1 is 0.469 bits per heavy atom. The molecule has 98 heavy (non-hydrogen) atoms. The minimum atomic E-state index is -4.37. The van der Waals surface area contributed by atoms with E-state index in [1.807, 2.05) is 86.6 Å². The van der Waals surface area contributed by atoms with Crippen LogP contribution in [0.25, 0.3) is 34.2 Å². The summed E-state index contributed by atoms with van der Waals surface area (Å²) in [6.45, 7) is 18.9. The van der Waals surface area contributed by atoms with Gasteiger partial charge in [0.15, 0.2) is 0 Å². The molecule has 9 aromatic rings. The average Bonchev–Trinajstić information content (AvgIpc) is 1.57. The summed E-state index contributed by atoms with van der Waals surface area (Å²) >= 11 is 0. The van der Waals surface area contributed by atoms with Crippen LogP contribution < -0.4 is 22.1 Å². The van der Waals surface area contributed by atoms with E-state index in [4.69, 9.17) is 31.2 Å². The molecule has 0 aliphatic carbocycles. The largest absolute Gasteiger partial charge is 0.444 e. The molecule has 3 heterocycles. The van der Waals surface area contributed by atoms with Crippen molar-refractivity contribution in [2.45, 2.75) is 143 Å². The molecule has 528 valence electrons. The second-order valence-corrected chi connectivity index (χ2v) is 24.3. The van der Waals surface area contributed by atoms with Crippen LogP contribution in [0.1, 0.15) is 131 Å². The number of amides is 2. The summed E-state index contributed by atoms with van der Waals surface area (Å²) < 4.78 is 124. The molecule has 9 N–H and O–H groups in total. The van der Waals surface area contributed by atoms with Gasteiger partial charge in [0.1, 0.15) is 11.2 Å². The lowest BCUT2D eigenvalue weighted by Gasteiger charge is -2.20. The van der Waals surface area contributed by atoms with Crippen molar-refractivity contribution >= 4 is 12.2 Å². The number of alkyl halides is 9. The molecular weight excluding hydrogens is 1300 g/mol. The summed E-state index contributed by atoms with van der Waals surface area (Å²) in [5.41, 5.74) is 14.8. The van der Waals surface area contributed by atoms with E-state index >= 15 is 0 Å². The van der Waals surface area contributed by atoms with Gasteiger partial charge in [-0.25, -0.2) is 9.59 Å². The van der Waals surface area contributed by atoms with Gasteiger partial charge >= 0.3 is 30.7 Å². The smallest absolute Gasteiger partial charge is 0.416 e. The highest BCUT2D eigenvalue weighted by Crippen LogP contribution is 2.33. The van der Waals surface area contributed by atoms with Crippen LogP contribution >= 0.6 is 0 Å². The van der Waals surface area contributed by atoms with Crippen molar-refractivity contribution in [3.8, 4) is 34.2 Å². The molecule has 6 aromatic carbocycles. The summed E-state index contributed by atoms with van der Waals surface area (Å²) in [6.07, 6.45) is -13.6. The number of carbonyl (C=O) groups is 2. The molecule has 0 saturated carbocycles. The Kier molecular flexibility index (Phi) is 29.0.